The van der Waals surface area contributed by atoms with Crippen molar-refractivity contribution < 1.29 is 0 Å². The van der Waals surface area contributed by atoms with Gasteiger partial charge in [0.25, 0.3) is 0 Å². The molecule has 3 N–H and O–H groups in total. The summed E-state index contributed by atoms with van der Waals surface area (Å²) in [5.74, 6) is 1.24. The van der Waals surface area contributed by atoms with Gasteiger partial charge in [0.15, 0.2) is 11.6 Å². The third-order valence-electron chi connectivity index (χ3n) is 4.42. The topological polar surface area (TPSA) is 80.0 Å². The predicted octanol–water partition coefficient (Wildman–Crippen LogP) is 4.51. The molecular weight excluding hydrogens is 336 g/mol. The maximum Gasteiger partial charge on any atom is 0.161 e. The zero-order valence-electron chi connectivity index (χ0n) is 15.0. The highest BCUT2D eigenvalue weighted by Crippen LogP contribution is 2.36. The van der Waals surface area contributed by atoms with Crippen LogP contribution in [0.15, 0.2) is 73.3 Å². The summed E-state index contributed by atoms with van der Waals surface area (Å²) in [6.45, 7) is 2.80. The van der Waals surface area contributed by atoms with Crippen molar-refractivity contribution in [3.05, 3.63) is 73.3 Å². The molecule has 0 aliphatic carbocycles. The van der Waals surface area contributed by atoms with Gasteiger partial charge in [0.05, 0.1) is 17.6 Å². The Morgan fingerprint density at radius 2 is 1.85 bits per heavy atom. The third kappa shape index (κ3) is 3.25. The molecule has 4 rings (SSSR count). The first-order valence-corrected chi connectivity index (χ1v) is 8.80. The molecule has 4 aromatic rings. The number of nitrogens with zero attached hydrogens (tertiary/aromatic N) is 4. The first-order valence-electron chi connectivity index (χ1n) is 8.80. The van der Waals surface area contributed by atoms with Crippen molar-refractivity contribution >= 4 is 39.5 Å². The van der Waals surface area contributed by atoms with Gasteiger partial charge in [-0.15, -0.1) is 0 Å². The molecule has 0 radical (unpaired) electrons. The average Bonchev–Trinajstić information content (AvgIpc) is 2.72. The summed E-state index contributed by atoms with van der Waals surface area (Å²) in [5, 5.41) is 5.54. The molecule has 0 unspecified atom stereocenters. The molecule has 134 valence electrons. The summed E-state index contributed by atoms with van der Waals surface area (Å²) >= 11 is 0. The minimum atomic E-state index is 0.496. The normalized spacial score (nSPS) is 10.7. The second kappa shape index (κ2) is 7.29. The largest absolute Gasteiger partial charge is 0.393 e. The van der Waals surface area contributed by atoms with E-state index < -0.39 is 0 Å². The molecule has 0 bridgehead atoms. The third-order valence-corrected chi connectivity index (χ3v) is 4.42. The number of rotatable bonds is 5. The first kappa shape index (κ1) is 16.8. The Balaban J connectivity index is 1.78. The molecule has 0 atom stereocenters. The van der Waals surface area contributed by atoms with Crippen molar-refractivity contribution in [3.8, 4) is 0 Å². The highest BCUT2D eigenvalue weighted by atomic mass is 15.2. The Bertz CT molecular complexity index is 1060. The lowest BCUT2D eigenvalue weighted by molar-refractivity contribution is 0.985. The van der Waals surface area contributed by atoms with Crippen LogP contribution in [-0.4, -0.2) is 21.5 Å². The SMILES string of the molecule is CCN(c1ncnc(Nc2cccnc2)c1N)c1cccc2ccccc12. The van der Waals surface area contributed by atoms with Gasteiger partial charge in [0, 0.05) is 18.1 Å². The molecule has 2 aromatic carbocycles. The number of fused-ring (bicyclic) bond motifs is 1. The summed E-state index contributed by atoms with van der Waals surface area (Å²) in [5.41, 5.74) is 8.82. The van der Waals surface area contributed by atoms with Crippen molar-refractivity contribution in [1.82, 2.24) is 15.0 Å². The van der Waals surface area contributed by atoms with Crippen LogP contribution >= 0.6 is 0 Å². The minimum absolute atomic E-state index is 0.496. The molecular formula is C21H20N6. The Morgan fingerprint density at radius 3 is 2.67 bits per heavy atom. The van der Waals surface area contributed by atoms with Crippen molar-refractivity contribution in [3.63, 3.8) is 0 Å². The van der Waals surface area contributed by atoms with E-state index in [2.05, 4.69) is 56.4 Å². The predicted molar refractivity (Wildman–Crippen MR) is 111 cm³/mol. The van der Waals surface area contributed by atoms with Crippen LogP contribution in [0.5, 0.6) is 0 Å². The molecule has 6 nitrogen and oxygen atoms in total. The summed E-state index contributed by atoms with van der Waals surface area (Å²) in [6.07, 6.45) is 4.97. The van der Waals surface area contributed by atoms with E-state index in [-0.39, 0.29) is 0 Å². The van der Waals surface area contributed by atoms with Crippen LogP contribution in [0.4, 0.5) is 28.7 Å². The lowest BCUT2D eigenvalue weighted by atomic mass is 10.1. The molecule has 0 aliphatic heterocycles. The van der Waals surface area contributed by atoms with Gasteiger partial charge in [-0.25, -0.2) is 9.97 Å². The number of nitrogens with two attached hydrogens (primary N) is 1. The van der Waals surface area contributed by atoms with E-state index in [0.29, 0.717) is 17.3 Å². The monoisotopic (exact) mass is 356 g/mol. The number of benzene rings is 2. The zero-order chi connectivity index (χ0) is 18.6. The van der Waals surface area contributed by atoms with Gasteiger partial charge >= 0.3 is 0 Å². The van der Waals surface area contributed by atoms with Gasteiger partial charge in [-0.1, -0.05) is 36.4 Å². The molecule has 0 aliphatic rings. The quantitative estimate of drug-likeness (QED) is 0.548. The van der Waals surface area contributed by atoms with Gasteiger partial charge in [-0.2, -0.15) is 0 Å². The lowest BCUT2D eigenvalue weighted by Gasteiger charge is -2.25. The molecule has 0 spiro atoms. The van der Waals surface area contributed by atoms with Crippen molar-refractivity contribution in [2.24, 2.45) is 0 Å². The van der Waals surface area contributed by atoms with E-state index in [9.17, 15) is 0 Å². The van der Waals surface area contributed by atoms with E-state index in [1.807, 2.05) is 30.3 Å². The summed E-state index contributed by atoms with van der Waals surface area (Å²) < 4.78 is 0. The maximum atomic E-state index is 6.44. The fraction of sp³-hybridized carbons (Fsp3) is 0.0952. The number of hydrogen-bond donors (Lipinski definition) is 2. The molecule has 0 saturated carbocycles. The summed E-state index contributed by atoms with van der Waals surface area (Å²) in [4.78, 5) is 15.0. The second-order valence-corrected chi connectivity index (χ2v) is 6.07. The van der Waals surface area contributed by atoms with Gasteiger partial charge < -0.3 is 16.0 Å². The van der Waals surface area contributed by atoms with Crippen LogP contribution in [-0.2, 0) is 0 Å². The van der Waals surface area contributed by atoms with Crippen LogP contribution in [0, 0.1) is 0 Å². The molecule has 0 fully saturated rings. The van der Waals surface area contributed by atoms with Gasteiger partial charge in [-0.05, 0) is 30.5 Å². The van der Waals surface area contributed by atoms with E-state index in [4.69, 9.17) is 5.73 Å². The van der Waals surface area contributed by atoms with Crippen LogP contribution < -0.4 is 16.0 Å². The Hall–Kier alpha value is -3.67. The van der Waals surface area contributed by atoms with Crippen LogP contribution in [0.1, 0.15) is 6.92 Å². The Labute approximate surface area is 157 Å². The average molecular weight is 356 g/mol. The fourth-order valence-electron chi connectivity index (χ4n) is 3.15. The van der Waals surface area contributed by atoms with E-state index in [1.165, 1.54) is 11.7 Å². The van der Waals surface area contributed by atoms with E-state index in [0.717, 1.165) is 23.3 Å². The highest BCUT2D eigenvalue weighted by Gasteiger charge is 2.17. The number of anilines is 5. The van der Waals surface area contributed by atoms with Crippen LogP contribution in [0.25, 0.3) is 10.8 Å². The van der Waals surface area contributed by atoms with Gasteiger partial charge in [-0.3, -0.25) is 4.98 Å². The second-order valence-electron chi connectivity index (χ2n) is 6.07. The number of hydrogen-bond acceptors (Lipinski definition) is 6. The van der Waals surface area contributed by atoms with Crippen LogP contribution in [0.3, 0.4) is 0 Å². The molecule has 2 heterocycles. The fourth-order valence-corrected chi connectivity index (χ4v) is 3.15. The van der Waals surface area contributed by atoms with E-state index >= 15 is 0 Å². The van der Waals surface area contributed by atoms with Crippen LogP contribution in [0.2, 0.25) is 0 Å². The standard InChI is InChI=1S/C21H20N6/c1-2-27(18-11-5-8-15-7-3-4-10-17(15)18)21-19(22)20(24-14-25-21)26-16-9-6-12-23-13-16/h3-14H,2,22H2,1H3,(H,24,25,26). The number of aromatic nitrogens is 3. The molecule has 0 saturated heterocycles. The maximum absolute atomic E-state index is 6.44. The number of nitrogen functional groups attached to an aromatic ring is 1. The lowest BCUT2D eigenvalue weighted by Crippen LogP contribution is -2.20. The summed E-state index contributed by atoms with van der Waals surface area (Å²) in [6, 6.07) is 18.3. The Morgan fingerprint density at radius 1 is 1.00 bits per heavy atom. The van der Waals surface area contributed by atoms with Gasteiger partial charge in [0.1, 0.15) is 12.0 Å². The Kier molecular flexibility index (Phi) is 4.53. The molecule has 0 amide bonds. The van der Waals surface area contributed by atoms with Crippen molar-refractivity contribution in [2.45, 2.75) is 6.92 Å². The van der Waals surface area contributed by atoms with Crippen molar-refractivity contribution in [2.75, 3.05) is 22.5 Å². The van der Waals surface area contributed by atoms with E-state index in [1.54, 1.807) is 12.4 Å². The molecule has 2 aromatic heterocycles. The molecule has 27 heavy (non-hydrogen) atoms. The number of nitrogens with one attached hydrogen (secondary N) is 1. The van der Waals surface area contributed by atoms with Gasteiger partial charge in [0.2, 0.25) is 0 Å². The highest BCUT2D eigenvalue weighted by molar-refractivity contribution is 5.97. The zero-order valence-corrected chi connectivity index (χ0v) is 15.0. The number of pyridine rings is 1. The smallest absolute Gasteiger partial charge is 0.161 e. The first-order chi connectivity index (χ1) is 13.3. The van der Waals surface area contributed by atoms with Crippen molar-refractivity contribution in [1.29, 1.82) is 0 Å². The summed E-state index contributed by atoms with van der Waals surface area (Å²) in [7, 11) is 0. The molecule has 6 heteroatoms. The minimum Gasteiger partial charge on any atom is -0.393 e.